The van der Waals surface area contributed by atoms with Gasteiger partial charge in [0, 0.05) is 19.3 Å². The van der Waals surface area contributed by atoms with E-state index in [9.17, 15) is 9.18 Å². The number of para-hydroxylation sites is 1. The highest BCUT2D eigenvalue weighted by molar-refractivity contribution is 6.03. The lowest BCUT2D eigenvalue weighted by molar-refractivity contribution is 0.102. The van der Waals surface area contributed by atoms with Gasteiger partial charge in [-0.3, -0.25) is 4.79 Å². The van der Waals surface area contributed by atoms with Crippen LogP contribution in [0, 0.1) is 5.82 Å². The van der Waals surface area contributed by atoms with Crippen LogP contribution < -0.4 is 10.2 Å². The Balaban J connectivity index is 1.76. The summed E-state index contributed by atoms with van der Waals surface area (Å²) in [6, 6.07) is 7.58. The predicted molar refractivity (Wildman–Crippen MR) is 82.4 cm³/mol. The van der Waals surface area contributed by atoms with Gasteiger partial charge in [0.15, 0.2) is 0 Å². The van der Waals surface area contributed by atoms with Gasteiger partial charge >= 0.3 is 0 Å². The number of hydrogen-bond acceptors (Lipinski definition) is 4. The van der Waals surface area contributed by atoms with E-state index in [1.54, 1.807) is 18.3 Å². The van der Waals surface area contributed by atoms with Gasteiger partial charge < -0.3 is 10.2 Å². The van der Waals surface area contributed by atoms with E-state index in [0.717, 1.165) is 25.9 Å². The van der Waals surface area contributed by atoms with Crippen molar-refractivity contribution in [1.29, 1.82) is 0 Å². The first-order valence-corrected chi connectivity index (χ1v) is 7.38. The van der Waals surface area contributed by atoms with E-state index in [2.05, 4.69) is 20.2 Å². The molecule has 1 amide bonds. The van der Waals surface area contributed by atoms with Gasteiger partial charge in [0.1, 0.15) is 11.5 Å². The van der Waals surface area contributed by atoms with Crippen molar-refractivity contribution in [3.05, 3.63) is 48.0 Å². The zero-order valence-corrected chi connectivity index (χ0v) is 12.1. The molecule has 114 valence electrons. The summed E-state index contributed by atoms with van der Waals surface area (Å²) in [6.45, 7) is 1.80. The van der Waals surface area contributed by atoms with Crippen LogP contribution in [0.25, 0.3) is 0 Å². The quantitative estimate of drug-likeness (QED) is 0.947. The number of benzene rings is 1. The number of carbonyl (C=O) groups excluding carboxylic acids is 1. The molecule has 1 fully saturated rings. The highest BCUT2D eigenvalue weighted by Crippen LogP contribution is 2.17. The normalized spacial score (nSPS) is 14.7. The van der Waals surface area contributed by atoms with Crippen LogP contribution in [0.4, 0.5) is 16.0 Å². The van der Waals surface area contributed by atoms with Crippen molar-refractivity contribution in [3.63, 3.8) is 0 Å². The smallest absolute Gasteiger partial charge is 0.274 e. The first-order chi connectivity index (χ1) is 10.7. The van der Waals surface area contributed by atoms with Crippen molar-refractivity contribution in [2.75, 3.05) is 23.3 Å². The molecular weight excluding hydrogens is 283 g/mol. The highest BCUT2D eigenvalue weighted by Gasteiger charge is 2.16. The Hall–Kier alpha value is -2.50. The van der Waals surface area contributed by atoms with Crippen molar-refractivity contribution < 1.29 is 9.18 Å². The lowest BCUT2D eigenvalue weighted by Gasteiger charge is -2.26. The maximum atomic E-state index is 13.6. The van der Waals surface area contributed by atoms with Crippen LogP contribution in [0.5, 0.6) is 0 Å². The molecule has 0 unspecified atom stereocenters. The second kappa shape index (κ2) is 6.51. The Labute approximate surface area is 128 Å². The molecule has 0 spiro atoms. The van der Waals surface area contributed by atoms with Crippen LogP contribution in [0.3, 0.4) is 0 Å². The number of amides is 1. The van der Waals surface area contributed by atoms with E-state index >= 15 is 0 Å². The molecule has 1 N–H and O–H groups in total. The summed E-state index contributed by atoms with van der Waals surface area (Å²) in [6.07, 6.45) is 4.99. The molecule has 22 heavy (non-hydrogen) atoms. The van der Waals surface area contributed by atoms with Gasteiger partial charge in [-0.2, -0.15) is 0 Å². The van der Waals surface area contributed by atoms with Gasteiger partial charge in [-0.1, -0.05) is 12.1 Å². The molecule has 1 saturated heterocycles. The number of rotatable bonds is 3. The molecule has 3 rings (SSSR count). The average Bonchev–Trinajstić information content (AvgIpc) is 2.58. The Kier molecular flexibility index (Phi) is 4.27. The number of hydrogen-bond donors (Lipinski definition) is 1. The van der Waals surface area contributed by atoms with Crippen molar-refractivity contribution in [2.45, 2.75) is 19.3 Å². The zero-order valence-electron chi connectivity index (χ0n) is 12.1. The lowest BCUT2D eigenvalue weighted by Crippen LogP contribution is -2.31. The van der Waals surface area contributed by atoms with Crippen LogP contribution in [0.15, 0.2) is 36.5 Å². The number of carbonyl (C=O) groups is 1. The summed E-state index contributed by atoms with van der Waals surface area (Å²) in [4.78, 5) is 22.8. The first-order valence-electron chi connectivity index (χ1n) is 7.38. The van der Waals surface area contributed by atoms with Crippen molar-refractivity contribution in [2.24, 2.45) is 0 Å². The molecule has 2 heterocycles. The molecular formula is C16H17FN4O. The Morgan fingerprint density at radius 2 is 1.91 bits per heavy atom. The van der Waals surface area contributed by atoms with E-state index in [1.165, 1.54) is 24.6 Å². The minimum atomic E-state index is -0.471. The van der Waals surface area contributed by atoms with Crippen molar-refractivity contribution >= 4 is 17.5 Å². The third kappa shape index (κ3) is 3.21. The molecule has 1 aromatic heterocycles. The largest absolute Gasteiger partial charge is 0.341 e. The predicted octanol–water partition coefficient (Wildman–Crippen LogP) is 2.86. The number of nitrogens with one attached hydrogen (secondary N) is 1. The van der Waals surface area contributed by atoms with Crippen LogP contribution in [-0.4, -0.2) is 29.0 Å². The fraction of sp³-hybridized carbons (Fsp3) is 0.312. The minimum absolute atomic E-state index is 0.144. The molecule has 1 aliphatic heterocycles. The summed E-state index contributed by atoms with van der Waals surface area (Å²) in [5, 5.41) is 2.53. The number of anilines is 2. The van der Waals surface area contributed by atoms with E-state index in [0.29, 0.717) is 5.95 Å². The maximum absolute atomic E-state index is 13.6. The van der Waals surface area contributed by atoms with Crippen LogP contribution in [0.2, 0.25) is 0 Å². The van der Waals surface area contributed by atoms with E-state index in [1.807, 2.05) is 0 Å². The van der Waals surface area contributed by atoms with E-state index in [-0.39, 0.29) is 11.4 Å². The molecule has 1 aromatic carbocycles. The van der Waals surface area contributed by atoms with Gasteiger partial charge in [-0.15, -0.1) is 0 Å². The van der Waals surface area contributed by atoms with Gasteiger partial charge in [-0.05, 0) is 37.5 Å². The summed E-state index contributed by atoms with van der Waals surface area (Å²) in [5.74, 6) is -0.354. The van der Waals surface area contributed by atoms with E-state index in [4.69, 9.17) is 0 Å². The van der Waals surface area contributed by atoms with Gasteiger partial charge in [-0.25, -0.2) is 14.4 Å². The summed E-state index contributed by atoms with van der Waals surface area (Å²) in [5.41, 5.74) is 0.379. The van der Waals surface area contributed by atoms with Gasteiger partial charge in [0.25, 0.3) is 5.91 Å². The average molecular weight is 300 g/mol. The van der Waals surface area contributed by atoms with Crippen LogP contribution in [0.1, 0.15) is 29.8 Å². The molecule has 0 bridgehead atoms. The third-order valence-corrected chi connectivity index (χ3v) is 3.64. The number of aromatic nitrogens is 2. The SMILES string of the molecule is O=C(Nc1ccccc1F)c1ccnc(N2CCCCC2)n1. The number of piperidine rings is 1. The summed E-state index contributed by atoms with van der Waals surface area (Å²) >= 11 is 0. The molecule has 1 aliphatic rings. The Morgan fingerprint density at radius 3 is 2.68 bits per heavy atom. The Bertz CT molecular complexity index is 671. The summed E-state index contributed by atoms with van der Waals surface area (Å²) in [7, 11) is 0. The molecule has 2 aromatic rings. The Morgan fingerprint density at radius 1 is 1.14 bits per heavy atom. The second-order valence-corrected chi connectivity index (χ2v) is 5.22. The molecule has 5 nitrogen and oxygen atoms in total. The highest BCUT2D eigenvalue weighted by atomic mass is 19.1. The standard InChI is InChI=1S/C16H17FN4O/c17-12-6-2-3-7-13(12)19-15(22)14-8-9-18-16(20-14)21-10-4-1-5-11-21/h2-3,6-9H,1,4-5,10-11H2,(H,19,22). The molecule has 0 aliphatic carbocycles. The van der Waals surface area contributed by atoms with Gasteiger partial charge in [0.05, 0.1) is 5.69 Å². The fourth-order valence-corrected chi connectivity index (χ4v) is 2.47. The fourth-order valence-electron chi connectivity index (χ4n) is 2.47. The first kappa shape index (κ1) is 14.4. The zero-order chi connectivity index (χ0) is 15.4. The minimum Gasteiger partial charge on any atom is -0.341 e. The maximum Gasteiger partial charge on any atom is 0.274 e. The third-order valence-electron chi connectivity index (χ3n) is 3.64. The molecule has 0 saturated carbocycles. The monoisotopic (exact) mass is 300 g/mol. The van der Waals surface area contributed by atoms with Crippen molar-refractivity contribution in [3.8, 4) is 0 Å². The second-order valence-electron chi connectivity index (χ2n) is 5.22. The van der Waals surface area contributed by atoms with E-state index < -0.39 is 11.7 Å². The van der Waals surface area contributed by atoms with Crippen LogP contribution >= 0.6 is 0 Å². The van der Waals surface area contributed by atoms with Crippen LogP contribution in [-0.2, 0) is 0 Å². The lowest BCUT2D eigenvalue weighted by atomic mass is 10.1. The number of nitrogens with zero attached hydrogens (tertiary/aromatic N) is 3. The van der Waals surface area contributed by atoms with Crippen molar-refractivity contribution in [1.82, 2.24) is 9.97 Å². The topological polar surface area (TPSA) is 58.1 Å². The molecule has 0 radical (unpaired) electrons. The number of halogens is 1. The molecule has 6 heteroatoms. The van der Waals surface area contributed by atoms with Gasteiger partial charge in [0.2, 0.25) is 5.95 Å². The molecule has 0 atom stereocenters. The summed E-state index contributed by atoms with van der Waals surface area (Å²) < 4.78 is 13.6.